The molecule has 2 aromatic heterocycles. The zero-order valence-corrected chi connectivity index (χ0v) is 14.0. The van der Waals surface area contributed by atoms with E-state index in [1.807, 2.05) is 0 Å². The Bertz CT molecular complexity index is 943. The van der Waals surface area contributed by atoms with Crippen molar-refractivity contribution in [3.8, 4) is 17.1 Å². The zero-order valence-electron chi connectivity index (χ0n) is 14.0. The van der Waals surface area contributed by atoms with Crippen LogP contribution >= 0.6 is 0 Å². The van der Waals surface area contributed by atoms with Crippen molar-refractivity contribution < 1.29 is 18.3 Å². The Labute approximate surface area is 147 Å². The molecule has 0 fully saturated rings. The summed E-state index contributed by atoms with van der Waals surface area (Å²) in [6.07, 6.45) is -1.69. The highest BCUT2D eigenvalue weighted by Crippen LogP contribution is 2.32. The maximum Gasteiger partial charge on any atom is 0.433 e. The molecule has 0 spiro atoms. The Kier molecular flexibility index (Phi) is 4.50. The third-order valence-electron chi connectivity index (χ3n) is 3.76. The van der Waals surface area contributed by atoms with Gasteiger partial charge in [-0.1, -0.05) is 0 Å². The minimum Gasteiger partial charge on any atom is -0.508 e. The summed E-state index contributed by atoms with van der Waals surface area (Å²) in [6.45, 7) is 3.43. The Hall–Kier alpha value is -3.16. The van der Waals surface area contributed by atoms with E-state index >= 15 is 0 Å². The number of phenols is 1. The Balaban J connectivity index is 2.08. The monoisotopic (exact) mass is 360 g/mol. The van der Waals surface area contributed by atoms with Crippen LogP contribution in [-0.2, 0) is 6.18 Å². The summed E-state index contributed by atoms with van der Waals surface area (Å²) >= 11 is 0. The highest BCUT2D eigenvalue weighted by atomic mass is 19.4. The van der Waals surface area contributed by atoms with E-state index in [9.17, 15) is 18.3 Å². The van der Waals surface area contributed by atoms with Crippen LogP contribution in [-0.4, -0.2) is 20.1 Å². The summed E-state index contributed by atoms with van der Waals surface area (Å²) in [7, 11) is 0. The van der Waals surface area contributed by atoms with Crippen molar-refractivity contribution in [1.29, 1.82) is 0 Å². The van der Waals surface area contributed by atoms with Gasteiger partial charge in [0.25, 0.3) is 0 Å². The molecule has 0 aliphatic rings. The van der Waals surface area contributed by atoms with E-state index in [2.05, 4.69) is 20.3 Å². The molecule has 0 saturated heterocycles. The molecule has 8 heteroatoms. The number of anilines is 2. The molecular weight excluding hydrogens is 345 g/mol. The number of pyridine rings is 1. The van der Waals surface area contributed by atoms with Crippen LogP contribution in [0.1, 0.15) is 16.8 Å². The number of benzene rings is 1. The number of phenolic OH excluding ortho intramolecular Hbond substituents is 1. The van der Waals surface area contributed by atoms with Gasteiger partial charge in [0, 0.05) is 29.7 Å². The van der Waals surface area contributed by atoms with E-state index in [-0.39, 0.29) is 17.4 Å². The van der Waals surface area contributed by atoms with Crippen LogP contribution in [0.4, 0.5) is 24.7 Å². The molecule has 3 rings (SSSR count). The number of aryl methyl sites for hydroxylation is 2. The normalized spacial score (nSPS) is 11.4. The molecule has 0 saturated carbocycles. The second-order valence-electron chi connectivity index (χ2n) is 5.77. The van der Waals surface area contributed by atoms with Crippen LogP contribution in [0.5, 0.6) is 5.75 Å². The molecule has 0 atom stereocenters. The van der Waals surface area contributed by atoms with Gasteiger partial charge in [-0.15, -0.1) is 0 Å². The summed E-state index contributed by atoms with van der Waals surface area (Å²) in [5, 5.41) is 12.6. The zero-order chi connectivity index (χ0) is 18.9. The minimum absolute atomic E-state index is 0.00678. The number of nitrogens with one attached hydrogen (secondary N) is 1. The molecule has 3 aromatic rings. The fourth-order valence-corrected chi connectivity index (χ4v) is 2.36. The quantitative estimate of drug-likeness (QED) is 0.667. The van der Waals surface area contributed by atoms with Crippen molar-refractivity contribution in [3.63, 3.8) is 0 Å². The number of aromatic hydroxyl groups is 1. The van der Waals surface area contributed by atoms with Crippen LogP contribution in [0.25, 0.3) is 11.4 Å². The van der Waals surface area contributed by atoms with Crippen LogP contribution in [0, 0.1) is 13.8 Å². The van der Waals surface area contributed by atoms with Gasteiger partial charge in [0.1, 0.15) is 11.6 Å². The van der Waals surface area contributed by atoms with Gasteiger partial charge < -0.3 is 10.4 Å². The third-order valence-corrected chi connectivity index (χ3v) is 3.76. The maximum atomic E-state index is 13.2. The first-order valence-corrected chi connectivity index (χ1v) is 7.68. The van der Waals surface area contributed by atoms with Crippen molar-refractivity contribution >= 4 is 11.5 Å². The number of alkyl halides is 3. The highest BCUT2D eigenvalue weighted by Gasteiger charge is 2.34. The van der Waals surface area contributed by atoms with Crippen LogP contribution in [0.2, 0.25) is 0 Å². The van der Waals surface area contributed by atoms with Gasteiger partial charge in [-0.05, 0) is 49.2 Å². The van der Waals surface area contributed by atoms with Crippen LogP contribution < -0.4 is 5.32 Å². The lowest BCUT2D eigenvalue weighted by atomic mass is 10.1. The molecule has 0 unspecified atom stereocenters. The molecule has 1 aromatic carbocycles. The third kappa shape index (κ3) is 3.74. The molecule has 2 N–H and O–H groups in total. The molecule has 2 heterocycles. The van der Waals surface area contributed by atoms with Crippen molar-refractivity contribution in [2.45, 2.75) is 20.0 Å². The smallest absolute Gasteiger partial charge is 0.433 e. The van der Waals surface area contributed by atoms with Crippen molar-refractivity contribution in [2.24, 2.45) is 0 Å². The average molecular weight is 360 g/mol. The molecule has 0 radical (unpaired) electrons. The van der Waals surface area contributed by atoms with E-state index < -0.39 is 11.9 Å². The highest BCUT2D eigenvalue weighted by molar-refractivity contribution is 5.65. The van der Waals surface area contributed by atoms with E-state index in [1.165, 1.54) is 30.6 Å². The molecular formula is C18H15F3N4O. The Morgan fingerprint density at radius 3 is 2.31 bits per heavy atom. The maximum absolute atomic E-state index is 13.2. The molecule has 5 nitrogen and oxygen atoms in total. The van der Waals surface area contributed by atoms with Gasteiger partial charge in [-0.25, -0.2) is 9.97 Å². The fourth-order valence-electron chi connectivity index (χ4n) is 2.36. The summed E-state index contributed by atoms with van der Waals surface area (Å²) in [4.78, 5) is 11.7. The summed E-state index contributed by atoms with van der Waals surface area (Å²) in [5.74, 6) is 0.0643. The average Bonchev–Trinajstić information content (AvgIpc) is 2.59. The number of aromatic nitrogens is 3. The number of hydrogen-bond donors (Lipinski definition) is 2. The van der Waals surface area contributed by atoms with Gasteiger partial charge in [-0.3, -0.25) is 4.98 Å². The number of halogens is 3. The van der Waals surface area contributed by atoms with Gasteiger partial charge in [-0.2, -0.15) is 13.2 Å². The van der Waals surface area contributed by atoms with Gasteiger partial charge in [0.15, 0.2) is 11.5 Å². The molecule has 26 heavy (non-hydrogen) atoms. The Morgan fingerprint density at radius 1 is 0.962 bits per heavy atom. The predicted molar refractivity (Wildman–Crippen MR) is 91.1 cm³/mol. The standard InChI is InChI=1S/C18H15F3N4O/c1-10-8-14(26)11(2)7-13(10)23-16-9-15(18(19,20)21)24-17(25-16)12-3-5-22-6-4-12/h3-9,26H,1-2H3,(H,23,24,25). The van der Waals surface area contributed by atoms with E-state index in [1.54, 1.807) is 19.9 Å². The molecule has 0 aliphatic carbocycles. The van der Waals surface area contributed by atoms with Crippen molar-refractivity contribution in [2.75, 3.05) is 5.32 Å². The first kappa shape index (κ1) is 17.7. The van der Waals surface area contributed by atoms with E-state index in [4.69, 9.17) is 0 Å². The number of nitrogens with zero attached hydrogens (tertiary/aromatic N) is 3. The van der Waals surface area contributed by atoms with E-state index in [0.717, 1.165) is 6.07 Å². The summed E-state index contributed by atoms with van der Waals surface area (Å²) < 4.78 is 39.7. The molecule has 0 aliphatic heterocycles. The molecule has 0 bridgehead atoms. The second kappa shape index (κ2) is 6.62. The largest absolute Gasteiger partial charge is 0.508 e. The van der Waals surface area contributed by atoms with Crippen LogP contribution in [0.15, 0.2) is 42.7 Å². The first-order chi connectivity index (χ1) is 12.2. The number of rotatable bonds is 3. The second-order valence-corrected chi connectivity index (χ2v) is 5.77. The fraction of sp³-hybridized carbons (Fsp3) is 0.167. The van der Waals surface area contributed by atoms with E-state index in [0.29, 0.717) is 22.4 Å². The lowest BCUT2D eigenvalue weighted by Crippen LogP contribution is -2.11. The SMILES string of the molecule is Cc1cc(Nc2cc(C(F)(F)F)nc(-c3ccncc3)n2)c(C)cc1O. The van der Waals surface area contributed by atoms with Gasteiger partial charge in [0.2, 0.25) is 0 Å². The van der Waals surface area contributed by atoms with Crippen LogP contribution in [0.3, 0.4) is 0 Å². The summed E-state index contributed by atoms with van der Waals surface area (Å²) in [5.41, 5.74) is 1.19. The van der Waals surface area contributed by atoms with Crippen molar-refractivity contribution in [3.05, 3.63) is 59.5 Å². The summed E-state index contributed by atoms with van der Waals surface area (Å²) in [6, 6.07) is 7.11. The lowest BCUT2D eigenvalue weighted by molar-refractivity contribution is -0.141. The predicted octanol–water partition coefficient (Wildman–Crippen LogP) is 4.62. The molecule has 0 amide bonds. The Morgan fingerprint density at radius 2 is 1.65 bits per heavy atom. The number of hydrogen-bond acceptors (Lipinski definition) is 5. The lowest BCUT2D eigenvalue weighted by Gasteiger charge is -2.14. The first-order valence-electron chi connectivity index (χ1n) is 7.68. The minimum atomic E-state index is -4.61. The van der Waals surface area contributed by atoms with Gasteiger partial charge >= 0.3 is 6.18 Å². The molecule has 134 valence electrons. The topological polar surface area (TPSA) is 70.9 Å². The van der Waals surface area contributed by atoms with Gasteiger partial charge in [0.05, 0.1) is 0 Å². The van der Waals surface area contributed by atoms with Crippen molar-refractivity contribution in [1.82, 2.24) is 15.0 Å².